The zero-order valence-corrected chi connectivity index (χ0v) is 9.43. The molecule has 0 saturated heterocycles. The van der Waals surface area contributed by atoms with Gasteiger partial charge in [-0.15, -0.1) is 0 Å². The second-order valence-electron chi connectivity index (χ2n) is 3.67. The van der Waals surface area contributed by atoms with Crippen molar-refractivity contribution in [2.45, 2.75) is 31.4 Å². The summed E-state index contributed by atoms with van der Waals surface area (Å²) in [6.07, 6.45) is 2.26. The van der Waals surface area contributed by atoms with Crippen LogP contribution in [-0.2, 0) is 5.75 Å². The van der Waals surface area contributed by atoms with E-state index in [0.29, 0.717) is 11.7 Å². The summed E-state index contributed by atoms with van der Waals surface area (Å²) in [7, 11) is 0. The third kappa shape index (κ3) is 2.34. The Bertz CT molecular complexity index is 371. The highest BCUT2D eigenvalue weighted by molar-refractivity contribution is 7.98. The molecule has 0 bridgehead atoms. The molecular formula is C10H14N2O2S. The van der Waals surface area contributed by atoms with Gasteiger partial charge in [0.2, 0.25) is 0 Å². The zero-order valence-electron chi connectivity index (χ0n) is 8.62. The predicted octanol–water partition coefficient (Wildman–Crippen LogP) is 2.24. The number of aromatic nitrogens is 2. The monoisotopic (exact) mass is 226 g/mol. The minimum absolute atomic E-state index is 0.206. The van der Waals surface area contributed by atoms with E-state index >= 15 is 0 Å². The van der Waals surface area contributed by atoms with E-state index in [1.165, 1.54) is 0 Å². The lowest BCUT2D eigenvalue weighted by Gasteiger charge is -1.96. The molecule has 82 valence electrons. The molecule has 2 rings (SSSR count). The number of H-pyrrole nitrogens is 1. The Labute approximate surface area is 92.5 Å². The van der Waals surface area contributed by atoms with E-state index in [1.807, 2.05) is 0 Å². The topological polar surface area (TPSA) is 66.0 Å². The van der Waals surface area contributed by atoms with Crippen LogP contribution in [0, 0.1) is 0 Å². The van der Waals surface area contributed by atoms with E-state index in [4.69, 9.17) is 5.11 Å². The lowest BCUT2D eigenvalue weighted by Crippen LogP contribution is -2.01. The molecule has 0 spiro atoms. The van der Waals surface area contributed by atoms with E-state index in [1.54, 1.807) is 11.8 Å². The van der Waals surface area contributed by atoms with Gasteiger partial charge in [0.15, 0.2) is 5.69 Å². The summed E-state index contributed by atoms with van der Waals surface area (Å²) in [5, 5.41) is 8.99. The van der Waals surface area contributed by atoms with Crippen molar-refractivity contribution < 1.29 is 9.90 Å². The van der Waals surface area contributed by atoms with Crippen LogP contribution in [0.15, 0.2) is 0 Å². The molecule has 2 N–H and O–H groups in total. The highest BCUT2D eigenvalue weighted by atomic mass is 32.2. The number of imidazole rings is 1. The Morgan fingerprint density at radius 1 is 1.67 bits per heavy atom. The van der Waals surface area contributed by atoms with Crippen molar-refractivity contribution in [1.82, 2.24) is 9.97 Å². The van der Waals surface area contributed by atoms with Gasteiger partial charge in [0.25, 0.3) is 0 Å². The first kappa shape index (κ1) is 10.5. The Kier molecular flexibility index (Phi) is 3.00. The van der Waals surface area contributed by atoms with Crippen LogP contribution in [0.25, 0.3) is 0 Å². The van der Waals surface area contributed by atoms with Gasteiger partial charge in [-0.3, -0.25) is 0 Å². The molecule has 1 aromatic heterocycles. The smallest absolute Gasteiger partial charge is 0.356 e. The first-order chi connectivity index (χ1) is 7.22. The summed E-state index contributed by atoms with van der Waals surface area (Å²) in [5.74, 6) is 2.10. The maximum atomic E-state index is 10.9. The van der Waals surface area contributed by atoms with Crippen LogP contribution in [0.4, 0.5) is 0 Å². The van der Waals surface area contributed by atoms with E-state index in [9.17, 15) is 4.79 Å². The number of aromatic amines is 1. The van der Waals surface area contributed by atoms with Crippen LogP contribution in [0.1, 0.15) is 47.7 Å². The molecule has 1 fully saturated rings. The summed E-state index contributed by atoms with van der Waals surface area (Å²) in [6, 6.07) is 0. The first-order valence-corrected chi connectivity index (χ1v) is 6.27. The number of carbonyl (C=O) groups is 1. The van der Waals surface area contributed by atoms with Gasteiger partial charge in [0.05, 0.1) is 5.69 Å². The van der Waals surface area contributed by atoms with Crippen LogP contribution in [0.2, 0.25) is 0 Å². The number of nitrogens with zero attached hydrogens (tertiary/aromatic N) is 1. The normalized spacial score (nSPS) is 15.5. The number of carboxylic acids is 1. The van der Waals surface area contributed by atoms with Crippen molar-refractivity contribution in [3.8, 4) is 0 Å². The van der Waals surface area contributed by atoms with Crippen molar-refractivity contribution in [3.63, 3.8) is 0 Å². The predicted molar refractivity (Wildman–Crippen MR) is 59.4 cm³/mol. The van der Waals surface area contributed by atoms with Gasteiger partial charge in [-0.25, -0.2) is 9.78 Å². The lowest BCUT2D eigenvalue weighted by atomic mass is 10.3. The van der Waals surface area contributed by atoms with Gasteiger partial charge >= 0.3 is 5.97 Å². The number of nitrogens with one attached hydrogen (secondary N) is 1. The molecule has 0 radical (unpaired) electrons. The van der Waals surface area contributed by atoms with Crippen LogP contribution in [0.3, 0.4) is 0 Å². The summed E-state index contributed by atoms with van der Waals surface area (Å²) < 4.78 is 0. The highest BCUT2D eigenvalue weighted by Gasteiger charge is 2.29. The van der Waals surface area contributed by atoms with Crippen molar-refractivity contribution in [2.75, 3.05) is 5.75 Å². The fourth-order valence-corrected chi connectivity index (χ4v) is 2.08. The summed E-state index contributed by atoms with van der Waals surface area (Å²) in [5.41, 5.74) is 0.967. The molecule has 0 atom stereocenters. The molecule has 1 aliphatic rings. The largest absolute Gasteiger partial charge is 0.476 e. The van der Waals surface area contributed by atoms with Crippen LogP contribution in [-0.4, -0.2) is 26.8 Å². The molecule has 0 aliphatic heterocycles. The molecule has 0 unspecified atom stereocenters. The summed E-state index contributed by atoms with van der Waals surface area (Å²) >= 11 is 1.70. The SMILES string of the molecule is CCSCc1[nH]c(C2CC2)nc1C(=O)O. The molecule has 1 heterocycles. The average molecular weight is 226 g/mol. The van der Waals surface area contributed by atoms with Crippen LogP contribution >= 0.6 is 11.8 Å². The van der Waals surface area contributed by atoms with Crippen LogP contribution in [0.5, 0.6) is 0 Å². The van der Waals surface area contributed by atoms with Crippen LogP contribution < -0.4 is 0 Å². The molecule has 15 heavy (non-hydrogen) atoms. The van der Waals surface area contributed by atoms with Crippen molar-refractivity contribution in [2.24, 2.45) is 0 Å². The fraction of sp³-hybridized carbons (Fsp3) is 0.600. The quantitative estimate of drug-likeness (QED) is 0.808. The average Bonchev–Trinajstić information content (AvgIpc) is 2.96. The minimum Gasteiger partial charge on any atom is -0.476 e. The molecular weight excluding hydrogens is 212 g/mol. The molecule has 1 aromatic rings. The molecule has 1 saturated carbocycles. The standard InChI is InChI=1S/C10H14N2O2S/c1-2-15-5-7-8(10(13)14)12-9(11-7)6-3-4-6/h6H,2-5H2,1H3,(H,11,12)(H,13,14). The molecule has 4 nitrogen and oxygen atoms in total. The molecule has 0 amide bonds. The Morgan fingerprint density at radius 3 is 2.93 bits per heavy atom. The van der Waals surface area contributed by atoms with Gasteiger partial charge in [0, 0.05) is 11.7 Å². The highest BCUT2D eigenvalue weighted by Crippen LogP contribution is 2.38. The van der Waals surface area contributed by atoms with Crippen molar-refractivity contribution in [1.29, 1.82) is 0 Å². The van der Waals surface area contributed by atoms with Gasteiger partial charge in [-0.2, -0.15) is 11.8 Å². The van der Waals surface area contributed by atoms with Gasteiger partial charge in [-0.1, -0.05) is 6.92 Å². The number of thioether (sulfide) groups is 1. The summed E-state index contributed by atoms with van der Waals surface area (Å²) in [6.45, 7) is 2.06. The first-order valence-electron chi connectivity index (χ1n) is 5.12. The molecule has 0 aromatic carbocycles. The fourth-order valence-electron chi connectivity index (χ4n) is 1.47. The van der Waals surface area contributed by atoms with Gasteiger partial charge < -0.3 is 10.1 Å². The molecule has 5 heteroatoms. The second kappa shape index (κ2) is 4.26. The molecule has 1 aliphatic carbocycles. The number of aromatic carboxylic acids is 1. The minimum atomic E-state index is -0.926. The number of rotatable bonds is 5. The van der Waals surface area contributed by atoms with Crippen molar-refractivity contribution in [3.05, 3.63) is 17.2 Å². The zero-order chi connectivity index (χ0) is 10.8. The van der Waals surface area contributed by atoms with E-state index in [2.05, 4.69) is 16.9 Å². The van der Waals surface area contributed by atoms with Gasteiger partial charge in [-0.05, 0) is 18.6 Å². The third-order valence-electron chi connectivity index (χ3n) is 2.41. The number of carboxylic acid groups (broad SMARTS) is 1. The number of hydrogen-bond acceptors (Lipinski definition) is 3. The van der Waals surface area contributed by atoms with E-state index < -0.39 is 5.97 Å². The second-order valence-corrected chi connectivity index (χ2v) is 4.94. The number of hydrogen-bond donors (Lipinski definition) is 2. The Hall–Kier alpha value is -0.970. The van der Waals surface area contributed by atoms with E-state index in [-0.39, 0.29) is 5.69 Å². The van der Waals surface area contributed by atoms with E-state index in [0.717, 1.165) is 30.1 Å². The maximum Gasteiger partial charge on any atom is 0.356 e. The maximum absolute atomic E-state index is 10.9. The lowest BCUT2D eigenvalue weighted by molar-refractivity contribution is 0.0690. The Morgan fingerprint density at radius 2 is 2.40 bits per heavy atom. The van der Waals surface area contributed by atoms with Crippen molar-refractivity contribution >= 4 is 17.7 Å². The van der Waals surface area contributed by atoms with Gasteiger partial charge in [0.1, 0.15) is 5.82 Å². The Balaban J connectivity index is 2.20. The summed E-state index contributed by atoms with van der Waals surface area (Å²) in [4.78, 5) is 18.3. The third-order valence-corrected chi connectivity index (χ3v) is 3.32.